The Morgan fingerprint density at radius 3 is 2.42 bits per heavy atom. The quantitative estimate of drug-likeness (QED) is 0.219. The fourth-order valence-corrected chi connectivity index (χ4v) is 5.29. The average Bonchev–Trinajstić information content (AvgIpc) is 2.91. The molecule has 0 aliphatic rings. The molecule has 0 radical (unpaired) electrons. The summed E-state index contributed by atoms with van der Waals surface area (Å²) in [6, 6.07) is 27.1. The average molecular weight is 530 g/mol. The molecule has 38 heavy (non-hydrogen) atoms. The van der Waals surface area contributed by atoms with Crippen LogP contribution in [0.1, 0.15) is 30.5 Å². The molecule has 0 saturated carbocycles. The van der Waals surface area contributed by atoms with E-state index in [4.69, 9.17) is 4.74 Å². The van der Waals surface area contributed by atoms with Gasteiger partial charge in [0, 0.05) is 0 Å². The molecule has 0 aliphatic heterocycles. The number of aryl methyl sites for hydroxylation is 1. The van der Waals surface area contributed by atoms with E-state index >= 15 is 0 Å². The molecule has 1 atom stereocenters. The summed E-state index contributed by atoms with van der Waals surface area (Å²) < 4.78 is 34.1. The van der Waals surface area contributed by atoms with E-state index in [1.807, 2.05) is 55.5 Å². The number of rotatable bonds is 10. The fraction of sp³-hybridized carbons (Fsp3) is 0.200. The van der Waals surface area contributed by atoms with E-state index in [1.54, 1.807) is 26.0 Å². The molecule has 0 aromatic heterocycles. The predicted molar refractivity (Wildman–Crippen MR) is 151 cm³/mol. The van der Waals surface area contributed by atoms with Gasteiger partial charge < -0.3 is 4.74 Å². The summed E-state index contributed by atoms with van der Waals surface area (Å²) in [7, 11) is -3.87. The van der Waals surface area contributed by atoms with Crippen molar-refractivity contribution in [2.24, 2.45) is 11.0 Å². The highest BCUT2D eigenvalue weighted by Gasteiger charge is 2.28. The first-order chi connectivity index (χ1) is 18.2. The Bertz CT molecular complexity index is 1540. The zero-order valence-electron chi connectivity index (χ0n) is 21.6. The Kier molecular flexibility index (Phi) is 8.55. The maximum absolute atomic E-state index is 12.8. The molecule has 2 N–H and O–H groups in total. The molecule has 1 amide bonds. The van der Waals surface area contributed by atoms with Crippen LogP contribution in [-0.2, 0) is 21.4 Å². The molecule has 196 valence electrons. The van der Waals surface area contributed by atoms with Crippen LogP contribution >= 0.6 is 0 Å². The normalized spacial score (nSPS) is 12.6. The lowest BCUT2D eigenvalue weighted by Gasteiger charge is -2.20. The van der Waals surface area contributed by atoms with Crippen molar-refractivity contribution in [1.82, 2.24) is 10.1 Å². The SMILES string of the molecule is Cc1ccc(S(=O)(=O)N[C@H](C(=O)N/N=C\c2cccc(OCc3cccc4ccccc34)c2)C(C)C)cc1. The summed E-state index contributed by atoms with van der Waals surface area (Å²) >= 11 is 0. The van der Waals surface area contributed by atoms with Crippen LogP contribution in [0.2, 0.25) is 0 Å². The van der Waals surface area contributed by atoms with Gasteiger partial charge in [0.2, 0.25) is 10.0 Å². The first-order valence-electron chi connectivity index (χ1n) is 12.3. The van der Waals surface area contributed by atoms with E-state index in [-0.39, 0.29) is 10.8 Å². The van der Waals surface area contributed by atoms with E-state index in [9.17, 15) is 13.2 Å². The molecule has 0 spiro atoms. The number of hydrogen-bond acceptors (Lipinski definition) is 5. The van der Waals surface area contributed by atoms with Crippen LogP contribution in [-0.4, -0.2) is 26.6 Å². The van der Waals surface area contributed by atoms with Gasteiger partial charge in [0.05, 0.1) is 11.1 Å². The first kappa shape index (κ1) is 27.0. The lowest BCUT2D eigenvalue weighted by atomic mass is 10.1. The summed E-state index contributed by atoms with van der Waals surface area (Å²) in [6.45, 7) is 5.82. The summed E-state index contributed by atoms with van der Waals surface area (Å²) in [4.78, 5) is 12.9. The van der Waals surface area contributed by atoms with Gasteiger partial charge in [-0.3, -0.25) is 4.79 Å². The van der Waals surface area contributed by atoms with Crippen LogP contribution in [0.25, 0.3) is 10.8 Å². The second-order valence-electron chi connectivity index (χ2n) is 9.39. The minimum Gasteiger partial charge on any atom is -0.489 e. The predicted octanol–water partition coefficient (Wildman–Crippen LogP) is 5.18. The van der Waals surface area contributed by atoms with Crippen LogP contribution in [0.4, 0.5) is 0 Å². The van der Waals surface area contributed by atoms with Crippen LogP contribution < -0.4 is 14.9 Å². The van der Waals surface area contributed by atoms with Gasteiger partial charge in [-0.1, -0.05) is 86.1 Å². The van der Waals surface area contributed by atoms with Crippen molar-refractivity contribution < 1.29 is 17.9 Å². The Morgan fingerprint density at radius 2 is 1.66 bits per heavy atom. The summed E-state index contributed by atoms with van der Waals surface area (Å²) in [5, 5.41) is 6.35. The molecule has 0 saturated heterocycles. The van der Waals surface area contributed by atoms with Gasteiger partial charge in [0.15, 0.2) is 0 Å². The number of amides is 1. The molecular formula is C30H31N3O4S. The van der Waals surface area contributed by atoms with Crippen molar-refractivity contribution in [2.45, 2.75) is 38.3 Å². The minimum absolute atomic E-state index is 0.102. The Morgan fingerprint density at radius 1 is 0.947 bits per heavy atom. The van der Waals surface area contributed by atoms with Gasteiger partial charge in [-0.2, -0.15) is 9.82 Å². The minimum atomic E-state index is -3.87. The number of hydrazone groups is 1. The number of sulfonamides is 1. The van der Waals surface area contributed by atoms with Crippen molar-refractivity contribution >= 4 is 32.9 Å². The number of hydrogen-bond donors (Lipinski definition) is 2. The topological polar surface area (TPSA) is 96.9 Å². The second-order valence-corrected chi connectivity index (χ2v) is 11.1. The number of carbonyl (C=O) groups is 1. The smallest absolute Gasteiger partial charge is 0.258 e. The number of nitrogens with zero attached hydrogens (tertiary/aromatic N) is 1. The van der Waals surface area contributed by atoms with Crippen molar-refractivity contribution in [3.8, 4) is 5.75 Å². The van der Waals surface area contributed by atoms with Crippen LogP contribution in [0, 0.1) is 12.8 Å². The Hall–Kier alpha value is -4.01. The van der Waals surface area contributed by atoms with Crippen LogP contribution in [0.5, 0.6) is 5.75 Å². The van der Waals surface area contributed by atoms with E-state index in [0.717, 1.165) is 27.5 Å². The van der Waals surface area contributed by atoms with Crippen molar-refractivity contribution in [3.63, 3.8) is 0 Å². The summed E-state index contributed by atoms with van der Waals surface area (Å²) in [5.74, 6) is -0.175. The molecule has 0 aliphatic carbocycles. The highest BCUT2D eigenvalue weighted by atomic mass is 32.2. The van der Waals surface area contributed by atoms with E-state index in [0.29, 0.717) is 12.4 Å². The number of benzene rings is 4. The van der Waals surface area contributed by atoms with Gasteiger partial charge in [-0.05, 0) is 59.0 Å². The zero-order valence-corrected chi connectivity index (χ0v) is 22.4. The maximum atomic E-state index is 12.8. The molecule has 4 rings (SSSR count). The molecule has 8 heteroatoms. The molecule has 0 bridgehead atoms. The molecule has 0 unspecified atom stereocenters. The highest BCUT2D eigenvalue weighted by Crippen LogP contribution is 2.21. The first-order valence-corrected chi connectivity index (χ1v) is 13.8. The third kappa shape index (κ3) is 6.85. The van der Waals surface area contributed by atoms with Crippen LogP contribution in [0.15, 0.2) is 101 Å². The molecule has 7 nitrogen and oxygen atoms in total. The molecule has 4 aromatic rings. The second kappa shape index (κ2) is 12.0. The van der Waals surface area contributed by atoms with Crippen LogP contribution in [0.3, 0.4) is 0 Å². The number of fused-ring (bicyclic) bond motifs is 1. The molecular weight excluding hydrogens is 498 g/mol. The number of carbonyl (C=O) groups excluding carboxylic acids is 1. The Labute approximate surface area is 223 Å². The molecule has 0 fully saturated rings. The molecule has 0 heterocycles. The van der Waals surface area contributed by atoms with Gasteiger partial charge in [0.1, 0.15) is 18.4 Å². The standard InChI is InChI=1S/C30H31N3O4S/c1-21(2)29(33-38(35,36)27-16-14-22(3)15-17-27)30(34)32-31-19-23-8-6-12-26(18-23)37-20-25-11-7-10-24-9-4-5-13-28(24)25/h4-19,21,29,33H,20H2,1-3H3,(H,32,34)/b31-19-/t29-/m0/s1. The van der Waals surface area contributed by atoms with Crippen molar-refractivity contribution in [2.75, 3.05) is 0 Å². The van der Waals surface area contributed by atoms with E-state index in [2.05, 4.69) is 33.4 Å². The zero-order chi connectivity index (χ0) is 27.1. The van der Waals surface area contributed by atoms with E-state index < -0.39 is 22.0 Å². The van der Waals surface area contributed by atoms with Gasteiger partial charge in [-0.15, -0.1) is 0 Å². The van der Waals surface area contributed by atoms with Crippen molar-refractivity contribution in [1.29, 1.82) is 0 Å². The van der Waals surface area contributed by atoms with Gasteiger partial charge >= 0.3 is 0 Å². The summed E-state index contributed by atoms with van der Waals surface area (Å²) in [6.07, 6.45) is 1.49. The molecule has 4 aromatic carbocycles. The van der Waals surface area contributed by atoms with E-state index in [1.165, 1.54) is 18.3 Å². The summed E-state index contributed by atoms with van der Waals surface area (Å²) in [5.41, 5.74) is 5.21. The fourth-order valence-electron chi connectivity index (χ4n) is 3.95. The highest BCUT2D eigenvalue weighted by molar-refractivity contribution is 7.89. The number of ether oxygens (including phenoxy) is 1. The Balaban J connectivity index is 1.38. The van der Waals surface area contributed by atoms with Gasteiger partial charge in [-0.25, -0.2) is 13.8 Å². The van der Waals surface area contributed by atoms with Gasteiger partial charge in [0.25, 0.3) is 5.91 Å². The third-order valence-corrected chi connectivity index (χ3v) is 7.54. The van der Waals surface area contributed by atoms with Crippen molar-refractivity contribution in [3.05, 3.63) is 108 Å². The lowest BCUT2D eigenvalue weighted by molar-refractivity contribution is -0.123. The monoisotopic (exact) mass is 529 g/mol. The maximum Gasteiger partial charge on any atom is 0.258 e. The number of nitrogens with one attached hydrogen (secondary N) is 2. The third-order valence-electron chi connectivity index (χ3n) is 6.08. The lowest BCUT2D eigenvalue weighted by Crippen LogP contribution is -2.48. The largest absolute Gasteiger partial charge is 0.489 e.